The first-order valence-electron chi connectivity index (χ1n) is 6.04. The van der Waals surface area contributed by atoms with Crippen LogP contribution in [0.5, 0.6) is 0 Å². The van der Waals surface area contributed by atoms with Gasteiger partial charge in [-0.05, 0) is 39.3 Å². The first kappa shape index (κ1) is 13.6. The molecule has 0 amide bonds. The lowest BCUT2D eigenvalue weighted by Crippen LogP contribution is -2.44. The van der Waals surface area contributed by atoms with E-state index in [1.165, 1.54) is 5.56 Å². The first-order chi connectivity index (χ1) is 8.01. The van der Waals surface area contributed by atoms with E-state index in [0.717, 1.165) is 5.69 Å². The molecule has 0 heterocycles. The average Bonchev–Trinajstić information content (AvgIpc) is 2.32. The van der Waals surface area contributed by atoms with E-state index in [1.54, 1.807) is 0 Å². The molecule has 0 saturated heterocycles. The largest absolute Gasteiger partial charge is 0.464 e. The molecule has 0 radical (unpaired) electrons. The van der Waals surface area contributed by atoms with Crippen LogP contribution < -0.4 is 5.32 Å². The van der Waals surface area contributed by atoms with E-state index in [2.05, 4.69) is 5.32 Å². The van der Waals surface area contributed by atoms with Crippen LogP contribution in [0.15, 0.2) is 24.3 Å². The van der Waals surface area contributed by atoms with Crippen molar-refractivity contribution in [1.82, 2.24) is 0 Å². The Morgan fingerprint density at radius 1 is 1.29 bits per heavy atom. The Labute approximate surface area is 103 Å². The number of rotatable bonds is 5. The van der Waals surface area contributed by atoms with Crippen LogP contribution in [0.4, 0.5) is 5.69 Å². The van der Waals surface area contributed by atoms with Gasteiger partial charge in [0, 0.05) is 5.69 Å². The van der Waals surface area contributed by atoms with Crippen LogP contribution in [-0.2, 0) is 9.53 Å². The number of hydrogen-bond donors (Lipinski definition) is 1. The molecule has 1 aromatic carbocycles. The number of nitrogens with one attached hydrogen (secondary N) is 1. The summed E-state index contributed by atoms with van der Waals surface area (Å²) >= 11 is 0. The minimum atomic E-state index is -0.661. The van der Waals surface area contributed by atoms with Gasteiger partial charge in [-0.3, -0.25) is 0 Å². The van der Waals surface area contributed by atoms with Gasteiger partial charge >= 0.3 is 5.97 Å². The van der Waals surface area contributed by atoms with Crippen molar-refractivity contribution < 1.29 is 9.53 Å². The predicted octanol–water partition coefficient (Wildman–Crippen LogP) is 3.14. The fourth-order valence-corrected chi connectivity index (χ4v) is 1.53. The van der Waals surface area contributed by atoms with Crippen LogP contribution in [0.3, 0.4) is 0 Å². The molecule has 0 bridgehead atoms. The summed E-state index contributed by atoms with van der Waals surface area (Å²) in [5, 5.41) is 3.24. The number of aryl methyl sites for hydroxylation is 1. The maximum absolute atomic E-state index is 11.9. The summed E-state index contributed by atoms with van der Waals surface area (Å²) in [6.45, 7) is 8.10. The zero-order valence-corrected chi connectivity index (χ0v) is 11.0. The summed E-state index contributed by atoms with van der Waals surface area (Å²) in [4.78, 5) is 11.9. The van der Waals surface area contributed by atoms with Crippen LogP contribution in [0.2, 0.25) is 0 Å². The standard InChI is InChI=1S/C14H21NO2/c1-5-14(4,13(16)17-6-2)15-12-9-7-11(3)8-10-12/h7-10,15H,5-6H2,1-4H3. The Bertz CT molecular complexity index is 372. The number of carbonyl (C=O) groups is 1. The number of esters is 1. The van der Waals surface area contributed by atoms with Crippen molar-refractivity contribution in [3.63, 3.8) is 0 Å². The second-order valence-corrected chi connectivity index (χ2v) is 4.40. The zero-order chi connectivity index (χ0) is 12.9. The summed E-state index contributed by atoms with van der Waals surface area (Å²) in [7, 11) is 0. The van der Waals surface area contributed by atoms with Crippen LogP contribution >= 0.6 is 0 Å². The predicted molar refractivity (Wildman–Crippen MR) is 70.1 cm³/mol. The SMILES string of the molecule is CCOC(=O)C(C)(CC)Nc1ccc(C)cc1. The molecule has 94 valence electrons. The lowest BCUT2D eigenvalue weighted by molar-refractivity contribution is -0.148. The van der Waals surface area contributed by atoms with Crippen LogP contribution in [0.1, 0.15) is 32.8 Å². The Kier molecular flexibility index (Phi) is 4.55. The summed E-state index contributed by atoms with van der Waals surface area (Å²) < 4.78 is 5.09. The normalized spacial score (nSPS) is 13.9. The van der Waals surface area contributed by atoms with Crippen LogP contribution in [0, 0.1) is 6.92 Å². The highest BCUT2D eigenvalue weighted by Crippen LogP contribution is 2.20. The third kappa shape index (κ3) is 3.48. The maximum Gasteiger partial charge on any atom is 0.331 e. The monoisotopic (exact) mass is 235 g/mol. The van der Waals surface area contributed by atoms with E-state index in [0.29, 0.717) is 13.0 Å². The van der Waals surface area contributed by atoms with Gasteiger partial charge in [0.15, 0.2) is 0 Å². The molecule has 1 rings (SSSR count). The molecule has 0 saturated carbocycles. The zero-order valence-electron chi connectivity index (χ0n) is 11.0. The van der Waals surface area contributed by atoms with Gasteiger partial charge in [0.25, 0.3) is 0 Å². The summed E-state index contributed by atoms with van der Waals surface area (Å²) in [6.07, 6.45) is 0.680. The van der Waals surface area contributed by atoms with E-state index in [4.69, 9.17) is 4.74 Å². The maximum atomic E-state index is 11.9. The van der Waals surface area contributed by atoms with Gasteiger partial charge in [-0.15, -0.1) is 0 Å². The van der Waals surface area contributed by atoms with Crippen LogP contribution in [0.25, 0.3) is 0 Å². The van der Waals surface area contributed by atoms with Crippen molar-refractivity contribution in [3.05, 3.63) is 29.8 Å². The van der Waals surface area contributed by atoms with Gasteiger partial charge in [0.2, 0.25) is 0 Å². The molecule has 1 atom stereocenters. The fourth-order valence-electron chi connectivity index (χ4n) is 1.53. The third-order valence-electron chi connectivity index (χ3n) is 2.90. The number of ether oxygens (including phenoxy) is 1. The molecule has 0 aromatic heterocycles. The molecule has 1 aromatic rings. The highest BCUT2D eigenvalue weighted by molar-refractivity contribution is 5.84. The average molecular weight is 235 g/mol. The Morgan fingerprint density at radius 2 is 1.88 bits per heavy atom. The summed E-state index contributed by atoms with van der Waals surface area (Å²) in [5.41, 5.74) is 1.48. The van der Waals surface area contributed by atoms with Gasteiger partial charge in [0.05, 0.1) is 6.61 Å². The molecule has 0 spiro atoms. The molecular formula is C14H21NO2. The number of carbonyl (C=O) groups excluding carboxylic acids is 1. The summed E-state index contributed by atoms with van der Waals surface area (Å²) in [6, 6.07) is 7.98. The minimum Gasteiger partial charge on any atom is -0.464 e. The lowest BCUT2D eigenvalue weighted by atomic mass is 9.98. The van der Waals surface area contributed by atoms with Crippen molar-refractivity contribution in [1.29, 1.82) is 0 Å². The lowest BCUT2D eigenvalue weighted by Gasteiger charge is -2.28. The summed E-state index contributed by atoms with van der Waals surface area (Å²) in [5.74, 6) is -0.205. The third-order valence-corrected chi connectivity index (χ3v) is 2.90. The minimum absolute atomic E-state index is 0.205. The van der Waals surface area contributed by atoms with Crippen molar-refractivity contribution in [2.75, 3.05) is 11.9 Å². The van der Waals surface area contributed by atoms with Gasteiger partial charge in [-0.25, -0.2) is 4.79 Å². The Morgan fingerprint density at radius 3 is 2.35 bits per heavy atom. The second-order valence-electron chi connectivity index (χ2n) is 4.40. The second kappa shape index (κ2) is 5.71. The van der Waals surface area contributed by atoms with E-state index in [1.807, 2.05) is 52.0 Å². The van der Waals surface area contributed by atoms with E-state index in [9.17, 15) is 4.79 Å². The molecule has 1 unspecified atom stereocenters. The van der Waals surface area contributed by atoms with Crippen molar-refractivity contribution >= 4 is 11.7 Å². The molecule has 0 aliphatic rings. The Hall–Kier alpha value is -1.51. The van der Waals surface area contributed by atoms with Gasteiger partial charge < -0.3 is 10.1 Å². The van der Waals surface area contributed by atoms with Crippen LogP contribution in [-0.4, -0.2) is 18.1 Å². The Balaban J connectivity index is 2.81. The molecule has 3 heteroatoms. The number of anilines is 1. The quantitative estimate of drug-likeness (QED) is 0.797. The van der Waals surface area contributed by atoms with Crippen molar-refractivity contribution in [2.24, 2.45) is 0 Å². The van der Waals surface area contributed by atoms with Crippen molar-refractivity contribution in [3.8, 4) is 0 Å². The molecule has 1 N–H and O–H groups in total. The number of benzene rings is 1. The van der Waals surface area contributed by atoms with Gasteiger partial charge in [-0.1, -0.05) is 24.6 Å². The smallest absolute Gasteiger partial charge is 0.331 e. The number of hydrogen-bond acceptors (Lipinski definition) is 3. The van der Waals surface area contributed by atoms with E-state index in [-0.39, 0.29) is 5.97 Å². The molecule has 0 fully saturated rings. The molecule has 3 nitrogen and oxygen atoms in total. The molecule has 0 aliphatic heterocycles. The topological polar surface area (TPSA) is 38.3 Å². The molecule has 17 heavy (non-hydrogen) atoms. The first-order valence-corrected chi connectivity index (χ1v) is 6.04. The molecule has 0 aliphatic carbocycles. The van der Waals surface area contributed by atoms with E-state index >= 15 is 0 Å². The highest BCUT2D eigenvalue weighted by Gasteiger charge is 2.32. The van der Waals surface area contributed by atoms with Gasteiger partial charge in [0.1, 0.15) is 5.54 Å². The molecular weight excluding hydrogens is 214 g/mol. The van der Waals surface area contributed by atoms with Gasteiger partial charge in [-0.2, -0.15) is 0 Å². The highest BCUT2D eigenvalue weighted by atomic mass is 16.5. The van der Waals surface area contributed by atoms with E-state index < -0.39 is 5.54 Å². The fraction of sp³-hybridized carbons (Fsp3) is 0.500. The van der Waals surface area contributed by atoms with Crippen molar-refractivity contribution in [2.45, 2.75) is 39.7 Å².